The van der Waals surface area contributed by atoms with Gasteiger partial charge < -0.3 is 17.7 Å². The van der Waals surface area contributed by atoms with Crippen molar-refractivity contribution in [3.05, 3.63) is 21.9 Å². The molecule has 1 aromatic heterocycles. The second-order valence-electron chi connectivity index (χ2n) is 4.23. The molecule has 1 fully saturated rings. The highest BCUT2D eigenvalue weighted by Gasteiger charge is 2.12. The predicted molar refractivity (Wildman–Crippen MR) is 62.8 cm³/mol. The summed E-state index contributed by atoms with van der Waals surface area (Å²) in [6.07, 6.45) is 7.03. The maximum atomic E-state index is 3.66. The molecule has 0 aromatic carbocycles. The summed E-state index contributed by atoms with van der Waals surface area (Å²) in [5.74, 6) is 0. The van der Waals surface area contributed by atoms with E-state index in [1.807, 2.05) is 11.3 Å². The fourth-order valence-electron chi connectivity index (χ4n) is 2.13. The SMILES string of the molecule is Cc1ccc(CNC2CCCCC2)s1.[Cl-]. The summed E-state index contributed by atoms with van der Waals surface area (Å²) in [7, 11) is 0. The lowest BCUT2D eigenvalue weighted by atomic mass is 9.95. The van der Waals surface area contributed by atoms with E-state index in [4.69, 9.17) is 0 Å². The molecule has 3 heteroatoms. The summed E-state index contributed by atoms with van der Waals surface area (Å²) in [5.41, 5.74) is 0. The third-order valence-corrected chi connectivity index (χ3v) is 3.97. The number of aryl methyl sites for hydroxylation is 1. The Kier molecular flexibility index (Phi) is 5.65. The van der Waals surface area contributed by atoms with Crippen LogP contribution in [0.15, 0.2) is 12.1 Å². The first-order valence-electron chi connectivity index (χ1n) is 5.63. The average Bonchev–Trinajstić information content (AvgIpc) is 2.63. The number of halogens is 1. The van der Waals surface area contributed by atoms with Gasteiger partial charge in [-0.05, 0) is 31.9 Å². The van der Waals surface area contributed by atoms with Gasteiger partial charge in [-0.3, -0.25) is 0 Å². The van der Waals surface area contributed by atoms with E-state index < -0.39 is 0 Å². The Morgan fingerprint density at radius 2 is 2.00 bits per heavy atom. The van der Waals surface area contributed by atoms with Gasteiger partial charge in [0.2, 0.25) is 0 Å². The number of thiophene rings is 1. The highest BCUT2D eigenvalue weighted by atomic mass is 35.5. The van der Waals surface area contributed by atoms with Crippen LogP contribution in [0.1, 0.15) is 41.9 Å². The van der Waals surface area contributed by atoms with Gasteiger partial charge >= 0.3 is 0 Å². The molecule has 0 spiro atoms. The zero-order valence-electron chi connectivity index (χ0n) is 9.26. The number of hydrogen-bond acceptors (Lipinski definition) is 2. The molecule has 1 heterocycles. The minimum atomic E-state index is 0. The first kappa shape index (κ1) is 13.0. The molecular formula is C12H19ClNS-. The van der Waals surface area contributed by atoms with Crippen molar-refractivity contribution in [2.75, 3.05) is 0 Å². The van der Waals surface area contributed by atoms with Gasteiger partial charge in [0, 0.05) is 22.3 Å². The van der Waals surface area contributed by atoms with Gasteiger partial charge in [0.05, 0.1) is 0 Å². The number of rotatable bonds is 3. The summed E-state index contributed by atoms with van der Waals surface area (Å²) in [6, 6.07) is 5.24. The van der Waals surface area contributed by atoms with Crippen molar-refractivity contribution >= 4 is 11.3 Å². The quantitative estimate of drug-likeness (QED) is 0.816. The molecule has 1 saturated carbocycles. The molecule has 0 bridgehead atoms. The topological polar surface area (TPSA) is 12.0 Å². The van der Waals surface area contributed by atoms with Crippen molar-refractivity contribution in [3.63, 3.8) is 0 Å². The van der Waals surface area contributed by atoms with Crippen molar-refractivity contribution in [2.24, 2.45) is 0 Å². The first-order chi connectivity index (χ1) is 6.84. The summed E-state index contributed by atoms with van der Waals surface area (Å²) in [6.45, 7) is 3.25. The van der Waals surface area contributed by atoms with E-state index in [-0.39, 0.29) is 12.4 Å². The number of hydrogen-bond donors (Lipinski definition) is 1. The van der Waals surface area contributed by atoms with E-state index in [1.165, 1.54) is 41.9 Å². The molecule has 0 unspecified atom stereocenters. The van der Waals surface area contributed by atoms with Gasteiger partial charge in [-0.25, -0.2) is 0 Å². The standard InChI is InChI=1S/C12H19NS.ClH/c1-10-7-8-12(14-10)9-13-11-5-3-2-4-6-11;/h7-8,11,13H,2-6,9H2,1H3;1H/p-1. The van der Waals surface area contributed by atoms with Crippen molar-refractivity contribution in [3.8, 4) is 0 Å². The molecule has 1 nitrogen and oxygen atoms in total. The lowest BCUT2D eigenvalue weighted by Crippen LogP contribution is -3.00. The molecule has 15 heavy (non-hydrogen) atoms. The van der Waals surface area contributed by atoms with Crippen molar-refractivity contribution in [1.29, 1.82) is 0 Å². The summed E-state index contributed by atoms with van der Waals surface area (Å²) < 4.78 is 0. The second kappa shape index (κ2) is 6.51. The molecule has 1 aliphatic rings. The van der Waals surface area contributed by atoms with Gasteiger partial charge in [-0.15, -0.1) is 11.3 Å². The van der Waals surface area contributed by atoms with Crippen molar-refractivity contribution in [2.45, 2.75) is 51.6 Å². The van der Waals surface area contributed by atoms with Crippen molar-refractivity contribution in [1.82, 2.24) is 5.32 Å². The average molecular weight is 245 g/mol. The molecule has 1 N–H and O–H groups in total. The third kappa shape index (κ3) is 4.13. The van der Waals surface area contributed by atoms with Crippen LogP contribution in [0.3, 0.4) is 0 Å². The van der Waals surface area contributed by atoms with E-state index in [0.717, 1.165) is 12.6 Å². The Labute approximate surface area is 103 Å². The first-order valence-corrected chi connectivity index (χ1v) is 6.45. The zero-order valence-corrected chi connectivity index (χ0v) is 10.8. The maximum absolute atomic E-state index is 3.66. The van der Waals surface area contributed by atoms with Gasteiger partial charge in [-0.2, -0.15) is 0 Å². The summed E-state index contributed by atoms with van der Waals surface area (Å²) >= 11 is 1.91. The van der Waals surface area contributed by atoms with Crippen LogP contribution < -0.4 is 17.7 Å². The fourth-order valence-corrected chi connectivity index (χ4v) is 2.97. The van der Waals surface area contributed by atoms with Crippen LogP contribution in [-0.2, 0) is 6.54 Å². The molecule has 86 valence electrons. The Morgan fingerprint density at radius 1 is 1.27 bits per heavy atom. The molecule has 2 rings (SSSR count). The van der Waals surface area contributed by atoms with E-state index in [1.54, 1.807) is 0 Å². The van der Waals surface area contributed by atoms with Crippen molar-refractivity contribution < 1.29 is 12.4 Å². The summed E-state index contributed by atoms with van der Waals surface area (Å²) in [4.78, 5) is 2.90. The molecule has 0 aliphatic heterocycles. The number of nitrogens with one attached hydrogen (secondary N) is 1. The maximum Gasteiger partial charge on any atom is 0.0302 e. The predicted octanol–water partition coefficient (Wildman–Crippen LogP) is 0.483. The lowest BCUT2D eigenvalue weighted by Gasteiger charge is -2.22. The van der Waals surface area contributed by atoms with Crippen LogP contribution in [0.25, 0.3) is 0 Å². The van der Waals surface area contributed by atoms with E-state index >= 15 is 0 Å². The van der Waals surface area contributed by atoms with Crippen LogP contribution in [0, 0.1) is 6.92 Å². The van der Waals surface area contributed by atoms with E-state index in [9.17, 15) is 0 Å². The smallest absolute Gasteiger partial charge is 0.0302 e. The Bertz CT molecular complexity index is 279. The zero-order chi connectivity index (χ0) is 9.80. The van der Waals surface area contributed by atoms with Crippen LogP contribution in [0.4, 0.5) is 0 Å². The molecule has 0 radical (unpaired) electrons. The van der Waals surface area contributed by atoms with Crippen LogP contribution in [0.5, 0.6) is 0 Å². The fraction of sp³-hybridized carbons (Fsp3) is 0.667. The molecule has 0 atom stereocenters. The van der Waals surface area contributed by atoms with Gasteiger partial charge in [0.15, 0.2) is 0 Å². The Balaban J connectivity index is 0.00000112. The van der Waals surface area contributed by atoms with Crippen LogP contribution >= 0.6 is 11.3 Å². The molecular weight excluding hydrogens is 226 g/mol. The normalized spacial score (nSPS) is 17.4. The summed E-state index contributed by atoms with van der Waals surface area (Å²) in [5, 5.41) is 3.66. The Morgan fingerprint density at radius 3 is 2.60 bits per heavy atom. The van der Waals surface area contributed by atoms with E-state index in [2.05, 4.69) is 24.4 Å². The van der Waals surface area contributed by atoms with Gasteiger partial charge in [0.25, 0.3) is 0 Å². The van der Waals surface area contributed by atoms with Gasteiger partial charge in [-0.1, -0.05) is 19.3 Å². The highest BCUT2D eigenvalue weighted by Crippen LogP contribution is 2.19. The van der Waals surface area contributed by atoms with Crippen LogP contribution in [0.2, 0.25) is 0 Å². The Hall–Kier alpha value is -0.0500. The van der Waals surface area contributed by atoms with Crippen LogP contribution in [-0.4, -0.2) is 6.04 Å². The molecule has 0 amide bonds. The van der Waals surface area contributed by atoms with Gasteiger partial charge in [0.1, 0.15) is 0 Å². The molecule has 0 saturated heterocycles. The minimum absolute atomic E-state index is 0. The largest absolute Gasteiger partial charge is 1.00 e. The molecule has 1 aromatic rings. The molecule has 1 aliphatic carbocycles. The second-order valence-corrected chi connectivity index (χ2v) is 5.60. The highest BCUT2D eigenvalue weighted by molar-refractivity contribution is 7.11. The third-order valence-electron chi connectivity index (χ3n) is 2.97. The lowest BCUT2D eigenvalue weighted by molar-refractivity contribution is -0.00000299. The van der Waals surface area contributed by atoms with E-state index in [0.29, 0.717) is 0 Å². The monoisotopic (exact) mass is 244 g/mol. The minimum Gasteiger partial charge on any atom is -1.00 e.